The standard InChI is InChI=1S/C30H29BrN4O6/c1-37-24-14-23-21-13-25(24)38-11-7-3-6-10-35(30(36)39-16-19-8-4-2-5-9-19)15-20-12-22(31)27-28(41-18-40-27)26(20)34-29(21)33-17-32-23/h2,4-5,8-9,12-14,17H,3,6-7,10-11,15-16,18H2,1H3,(H,32,33,34). The van der Waals surface area contributed by atoms with Crippen molar-refractivity contribution in [2.24, 2.45) is 0 Å². The minimum absolute atomic E-state index is 0.0780. The van der Waals surface area contributed by atoms with Crippen molar-refractivity contribution in [1.29, 1.82) is 0 Å². The van der Waals surface area contributed by atoms with Crippen LogP contribution in [-0.4, -0.2) is 48.0 Å². The first kappa shape index (κ1) is 26.9. The van der Waals surface area contributed by atoms with Crippen LogP contribution in [0.5, 0.6) is 23.0 Å². The van der Waals surface area contributed by atoms with E-state index in [2.05, 4.69) is 31.2 Å². The van der Waals surface area contributed by atoms with Crippen molar-refractivity contribution in [2.45, 2.75) is 32.4 Å². The highest BCUT2D eigenvalue weighted by atomic mass is 79.9. The summed E-state index contributed by atoms with van der Waals surface area (Å²) in [6.07, 6.45) is 3.55. The third-order valence-corrected chi connectivity index (χ3v) is 7.59. The zero-order valence-electron chi connectivity index (χ0n) is 22.5. The van der Waals surface area contributed by atoms with Crippen LogP contribution in [0.1, 0.15) is 30.4 Å². The fourth-order valence-electron chi connectivity index (χ4n) is 4.91. The maximum atomic E-state index is 13.4. The van der Waals surface area contributed by atoms with Gasteiger partial charge >= 0.3 is 6.09 Å². The highest BCUT2D eigenvalue weighted by Crippen LogP contribution is 2.48. The highest BCUT2D eigenvalue weighted by molar-refractivity contribution is 9.10. The summed E-state index contributed by atoms with van der Waals surface area (Å²) < 4.78 is 29.8. The summed E-state index contributed by atoms with van der Waals surface area (Å²) >= 11 is 3.62. The number of rotatable bonds is 3. The Morgan fingerprint density at radius 3 is 2.76 bits per heavy atom. The number of nitrogens with one attached hydrogen (secondary N) is 1. The largest absolute Gasteiger partial charge is 0.493 e. The Labute approximate surface area is 245 Å². The van der Waals surface area contributed by atoms with E-state index in [0.29, 0.717) is 53.2 Å². The molecule has 10 nitrogen and oxygen atoms in total. The zero-order valence-corrected chi connectivity index (χ0v) is 24.1. The maximum Gasteiger partial charge on any atom is 0.410 e. The van der Waals surface area contributed by atoms with Gasteiger partial charge in [-0.25, -0.2) is 14.8 Å². The summed E-state index contributed by atoms with van der Waals surface area (Å²) in [5, 5.41) is 4.21. The molecule has 0 fully saturated rings. The van der Waals surface area contributed by atoms with Crippen molar-refractivity contribution >= 4 is 44.4 Å². The van der Waals surface area contributed by atoms with Crippen molar-refractivity contribution in [3.63, 3.8) is 0 Å². The van der Waals surface area contributed by atoms with E-state index in [1.807, 2.05) is 48.5 Å². The second kappa shape index (κ2) is 12.1. The van der Waals surface area contributed by atoms with E-state index >= 15 is 0 Å². The van der Waals surface area contributed by atoms with Crippen LogP contribution in [0.2, 0.25) is 0 Å². The molecule has 0 atom stereocenters. The summed E-state index contributed by atoms with van der Waals surface area (Å²) in [7, 11) is 1.61. The summed E-state index contributed by atoms with van der Waals surface area (Å²) in [5.74, 6) is 2.88. The van der Waals surface area contributed by atoms with Crippen LogP contribution in [0.15, 0.2) is 59.3 Å². The molecule has 1 amide bonds. The molecule has 3 aromatic carbocycles. The molecule has 1 aromatic heterocycles. The third kappa shape index (κ3) is 5.81. The van der Waals surface area contributed by atoms with E-state index in [0.717, 1.165) is 40.2 Å². The topological polar surface area (TPSA) is 104 Å². The van der Waals surface area contributed by atoms with Crippen LogP contribution in [-0.2, 0) is 17.9 Å². The van der Waals surface area contributed by atoms with Gasteiger partial charge in [0.25, 0.3) is 0 Å². The second-order valence-electron chi connectivity index (χ2n) is 9.70. The van der Waals surface area contributed by atoms with Gasteiger partial charge in [0, 0.05) is 23.6 Å². The Hall–Kier alpha value is -4.25. The number of fused-ring (bicyclic) bond motifs is 4. The van der Waals surface area contributed by atoms with Gasteiger partial charge < -0.3 is 33.9 Å². The van der Waals surface area contributed by atoms with E-state index in [1.54, 1.807) is 12.0 Å². The minimum atomic E-state index is -0.394. The molecular formula is C30H29BrN4O6. The molecule has 2 aliphatic heterocycles. The lowest BCUT2D eigenvalue weighted by Gasteiger charge is -2.24. The molecule has 0 radical (unpaired) electrons. The van der Waals surface area contributed by atoms with E-state index in [1.165, 1.54) is 6.33 Å². The Bertz CT molecular complexity index is 1570. The molecule has 2 aliphatic rings. The molecule has 0 spiro atoms. The third-order valence-electron chi connectivity index (χ3n) is 7.00. The number of aromatic nitrogens is 2. The van der Waals surface area contributed by atoms with Crippen LogP contribution in [0.4, 0.5) is 16.3 Å². The van der Waals surface area contributed by atoms with E-state index < -0.39 is 6.09 Å². The number of carbonyl (C=O) groups is 1. The molecule has 0 saturated carbocycles. The number of anilines is 2. The quantitative estimate of drug-likeness (QED) is 0.272. The summed E-state index contributed by atoms with van der Waals surface area (Å²) in [4.78, 5) is 24.1. The van der Waals surface area contributed by atoms with Gasteiger partial charge in [-0.05, 0) is 52.9 Å². The number of amides is 1. The molecule has 41 heavy (non-hydrogen) atoms. The molecule has 11 heteroatoms. The van der Waals surface area contributed by atoms with Gasteiger partial charge in [0.05, 0.1) is 35.9 Å². The first-order valence-corrected chi connectivity index (χ1v) is 14.2. The Morgan fingerprint density at radius 1 is 1.05 bits per heavy atom. The lowest BCUT2D eigenvalue weighted by Crippen LogP contribution is -2.32. The first-order valence-electron chi connectivity index (χ1n) is 13.4. The molecule has 0 unspecified atom stereocenters. The Morgan fingerprint density at radius 2 is 1.90 bits per heavy atom. The lowest BCUT2D eigenvalue weighted by molar-refractivity contribution is 0.0928. The Kier molecular flexibility index (Phi) is 7.95. The molecule has 4 aromatic rings. The van der Waals surface area contributed by atoms with Crippen molar-refractivity contribution in [1.82, 2.24) is 14.9 Å². The SMILES string of the molecule is COc1cc2ncnc3c2cc1OCCCCCN(C(=O)OCc1ccccc1)Cc1cc(Br)c2c(c1N3)OCO2. The number of ether oxygens (including phenoxy) is 5. The number of halogens is 1. The number of nitrogens with zero attached hydrogens (tertiary/aromatic N) is 3. The molecular weight excluding hydrogens is 592 g/mol. The van der Waals surface area contributed by atoms with Gasteiger partial charge in [0.1, 0.15) is 18.8 Å². The van der Waals surface area contributed by atoms with Crippen LogP contribution in [0, 0.1) is 0 Å². The molecule has 0 aliphatic carbocycles. The van der Waals surface area contributed by atoms with Crippen molar-refractivity contribution in [2.75, 3.05) is 32.4 Å². The number of hydrogen-bond acceptors (Lipinski definition) is 9. The summed E-state index contributed by atoms with van der Waals surface area (Å²) in [6, 6.07) is 15.3. The second-order valence-corrected chi connectivity index (χ2v) is 10.5. The molecule has 6 rings (SSSR count). The molecule has 0 saturated heterocycles. The molecule has 212 valence electrons. The van der Waals surface area contributed by atoms with E-state index in [4.69, 9.17) is 23.7 Å². The monoisotopic (exact) mass is 620 g/mol. The van der Waals surface area contributed by atoms with Gasteiger partial charge in [-0.2, -0.15) is 0 Å². The first-order chi connectivity index (χ1) is 20.1. The fraction of sp³-hybridized carbons (Fsp3) is 0.300. The van der Waals surface area contributed by atoms with E-state index in [9.17, 15) is 4.79 Å². The van der Waals surface area contributed by atoms with Crippen molar-refractivity contribution < 1.29 is 28.5 Å². The van der Waals surface area contributed by atoms with Crippen LogP contribution >= 0.6 is 15.9 Å². The number of carbonyl (C=O) groups excluding carboxylic acids is 1. The predicted molar refractivity (Wildman–Crippen MR) is 156 cm³/mol. The molecule has 1 N–H and O–H groups in total. The smallest absolute Gasteiger partial charge is 0.410 e. The summed E-state index contributed by atoms with van der Waals surface area (Å²) in [5.41, 5.74) is 3.07. The van der Waals surface area contributed by atoms with Crippen LogP contribution in [0.3, 0.4) is 0 Å². The lowest BCUT2D eigenvalue weighted by atomic mass is 10.1. The predicted octanol–water partition coefficient (Wildman–Crippen LogP) is 6.57. The zero-order chi connectivity index (χ0) is 28.2. The number of methoxy groups -OCH3 is 1. The van der Waals surface area contributed by atoms with Gasteiger partial charge in [0.15, 0.2) is 23.0 Å². The summed E-state index contributed by atoms with van der Waals surface area (Å²) in [6.45, 7) is 1.56. The van der Waals surface area contributed by atoms with Crippen molar-refractivity contribution in [3.05, 3.63) is 70.5 Å². The van der Waals surface area contributed by atoms with Crippen LogP contribution in [0.25, 0.3) is 10.9 Å². The van der Waals surface area contributed by atoms with Crippen molar-refractivity contribution in [3.8, 4) is 23.0 Å². The minimum Gasteiger partial charge on any atom is -0.493 e. The van der Waals surface area contributed by atoms with E-state index in [-0.39, 0.29) is 19.9 Å². The fourth-order valence-corrected chi connectivity index (χ4v) is 5.48. The van der Waals surface area contributed by atoms with Gasteiger partial charge in [-0.1, -0.05) is 30.3 Å². The van der Waals surface area contributed by atoms with Crippen LogP contribution < -0.4 is 24.3 Å². The molecule has 3 heterocycles. The Balaban J connectivity index is 1.40. The average Bonchev–Trinajstić information content (AvgIpc) is 3.49. The van der Waals surface area contributed by atoms with Gasteiger partial charge in [-0.3, -0.25) is 0 Å². The average molecular weight is 621 g/mol. The molecule has 2 bridgehead atoms. The highest BCUT2D eigenvalue weighted by Gasteiger charge is 2.28. The number of benzene rings is 3. The number of hydrogen-bond donors (Lipinski definition) is 1. The normalized spacial score (nSPS) is 14.8. The maximum absolute atomic E-state index is 13.4. The van der Waals surface area contributed by atoms with Gasteiger partial charge in [0.2, 0.25) is 6.79 Å². The van der Waals surface area contributed by atoms with Gasteiger partial charge in [-0.15, -0.1) is 0 Å².